The first kappa shape index (κ1) is 20.2. The Kier molecular flexibility index (Phi) is 7.41. The summed E-state index contributed by atoms with van der Waals surface area (Å²) in [7, 11) is -1.49. The number of hydrogen-bond acceptors (Lipinski definition) is 4. The number of anilines is 1. The lowest BCUT2D eigenvalue weighted by molar-refractivity contribution is -0.115. The van der Waals surface area contributed by atoms with Crippen LogP contribution in [0.1, 0.15) is 26.0 Å². The fourth-order valence-corrected chi connectivity index (χ4v) is 3.23. The summed E-state index contributed by atoms with van der Waals surface area (Å²) in [6, 6.07) is 8.01. The molecule has 2 N–H and O–H groups in total. The summed E-state index contributed by atoms with van der Waals surface area (Å²) in [6.07, 6.45) is 2.26. The van der Waals surface area contributed by atoms with Crippen molar-refractivity contribution in [2.24, 2.45) is 0 Å². The van der Waals surface area contributed by atoms with Crippen LogP contribution in [0.3, 0.4) is 0 Å². The second-order valence-corrected chi connectivity index (χ2v) is 7.89. The van der Waals surface area contributed by atoms with E-state index in [0.717, 1.165) is 6.42 Å². The molecule has 0 aliphatic rings. The van der Waals surface area contributed by atoms with Gasteiger partial charge in [0.2, 0.25) is 11.3 Å². The van der Waals surface area contributed by atoms with Crippen LogP contribution in [-0.4, -0.2) is 27.0 Å². The Morgan fingerprint density at radius 1 is 1.35 bits per heavy atom. The number of carbonyl (C=O) groups is 1. The number of ether oxygens (including phenoxy) is 1. The highest BCUT2D eigenvalue weighted by Gasteiger charge is 2.21. The van der Waals surface area contributed by atoms with Gasteiger partial charge in [-0.3, -0.25) is 13.8 Å². The van der Waals surface area contributed by atoms with Crippen molar-refractivity contribution in [2.45, 2.75) is 31.3 Å². The van der Waals surface area contributed by atoms with E-state index in [2.05, 4.69) is 10.3 Å². The average Bonchev–Trinajstić information content (AvgIpc) is 2.62. The molecule has 1 heterocycles. The van der Waals surface area contributed by atoms with Crippen LogP contribution in [0, 0.1) is 0 Å². The number of amides is 1. The summed E-state index contributed by atoms with van der Waals surface area (Å²) in [6.45, 7) is 3.98. The third-order valence-electron chi connectivity index (χ3n) is 3.57. The Morgan fingerprint density at radius 3 is 2.65 bits per heavy atom. The number of rotatable bonds is 8. The molecule has 2 rings (SSSR count). The van der Waals surface area contributed by atoms with Gasteiger partial charge in [-0.05, 0) is 37.6 Å². The number of aromatic amines is 1. The van der Waals surface area contributed by atoms with Gasteiger partial charge in [0.05, 0.1) is 12.4 Å². The minimum atomic E-state index is -1.49. The molecule has 26 heavy (non-hydrogen) atoms. The quantitative estimate of drug-likeness (QED) is 0.717. The van der Waals surface area contributed by atoms with Crippen molar-refractivity contribution in [3.8, 4) is 5.75 Å². The smallest absolute Gasteiger partial charge is 0.239 e. The molecule has 2 unspecified atom stereocenters. The van der Waals surface area contributed by atoms with Gasteiger partial charge in [-0.15, -0.1) is 0 Å². The summed E-state index contributed by atoms with van der Waals surface area (Å²) in [5.41, 5.74) is 0.792. The van der Waals surface area contributed by atoms with Crippen molar-refractivity contribution < 1.29 is 13.7 Å². The molecule has 2 atom stereocenters. The molecule has 0 radical (unpaired) electrons. The van der Waals surface area contributed by atoms with Crippen molar-refractivity contribution in [1.82, 2.24) is 4.98 Å². The van der Waals surface area contributed by atoms with Crippen molar-refractivity contribution in [3.05, 3.63) is 57.5 Å². The maximum absolute atomic E-state index is 12.4. The van der Waals surface area contributed by atoms with E-state index in [-0.39, 0.29) is 22.8 Å². The number of halogens is 1. The molecule has 0 spiro atoms. The summed E-state index contributed by atoms with van der Waals surface area (Å²) in [5.74, 6) is -0.0655. The summed E-state index contributed by atoms with van der Waals surface area (Å²) >= 11 is 5.80. The van der Waals surface area contributed by atoms with Crippen LogP contribution in [0.2, 0.25) is 5.02 Å². The molecule has 2 aromatic rings. The Balaban J connectivity index is 1.97. The Bertz CT molecular complexity index is 836. The van der Waals surface area contributed by atoms with Crippen LogP contribution in [0.4, 0.5) is 5.69 Å². The molecule has 1 amide bonds. The molecule has 0 saturated heterocycles. The van der Waals surface area contributed by atoms with Crippen molar-refractivity contribution >= 4 is 34.0 Å². The zero-order valence-corrected chi connectivity index (χ0v) is 16.2. The first-order chi connectivity index (χ1) is 12.4. The summed E-state index contributed by atoms with van der Waals surface area (Å²) < 4.78 is 17.8. The molecule has 0 aliphatic heterocycles. The van der Waals surface area contributed by atoms with Gasteiger partial charge in [-0.2, -0.15) is 0 Å². The van der Waals surface area contributed by atoms with Crippen LogP contribution in [0.25, 0.3) is 0 Å². The van der Waals surface area contributed by atoms with E-state index < -0.39 is 16.0 Å². The topological polar surface area (TPSA) is 88.3 Å². The molecule has 0 bridgehead atoms. The SMILES string of the molecule is CCCOc1c[nH]c(CS(=O)C(C)C(=O)Nc2ccc(Cl)cc2)cc1=O. The number of hydrogen-bond donors (Lipinski definition) is 2. The molecule has 140 valence electrons. The van der Waals surface area contributed by atoms with E-state index in [9.17, 15) is 13.8 Å². The maximum atomic E-state index is 12.4. The van der Waals surface area contributed by atoms with Crippen LogP contribution in [0.5, 0.6) is 5.75 Å². The molecular formula is C18H21ClN2O4S. The normalized spacial score (nSPS) is 13.0. The monoisotopic (exact) mass is 396 g/mol. The number of carbonyl (C=O) groups excluding carboxylic acids is 1. The van der Waals surface area contributed by atoms with Crippen molar-refractivity contribution in [3.63, 3.8) is 0 Å². The Labute approximate surface area is 159 Å². The molecule has 0 saturated carbocycles. The number of aromatic nitrogens is 1. The van der Waals surface area contributed by atoms with E-state index in [1.807, 2.05) is 6.92 Å². The molecular weight excluding hydrogens is 376 g/mol. The molecule has 0 aliphatic carbocycles. The van der Waals surface area contributed by atoms with Crippen LogP contribution < -0.4 is 15.5 Å². The zero-order chi connectivity index (χ0) is 19.1. The predicted octanol–water partition coefficient (Wildman–Crippen LogP) is 3.09. The summed E-state index contributed by atoms with van der Waals surface area (Å²) in [4.78, 5) is 27.1. The standard InChI is InChI=1S/C18H21ClN2O4S/c1-3-8-25-17-10-20-15(9-16(17)22)11-26(24)12(2)18(23)21-14-6-4-13(19)5-7-14/h4-7,9-10,12H,3,8,11H2,1-2H3,(H,20,22)(H,21,23). The van der Waals surface area contributed by atoms with Crippen LogP contribution >= 0.6 is 11.6 Å². The summed E-state index contributed by atoms with van der Waals surface area (Å²) in [5, 5.41) is 2.52. The number of H-pyrrole nitrogens is 1. The fraction of sp³-hybridized carbons (Fsp3) is 0.333. The van der Waals surface area contributed by atoms with Crippen LogP contribution in [-0.2, 0) is 21.3 Å². The highest BCUT2D eigenvalue weighted by molar-refractivity contribution is 7.85. The zero-order valence-electron chi connectivity index (χ0n) is 14.6. The van der Waals surface area contributed by atoms with E-state index in [4.69, 9.17) is 16.3 Å². The molecule has 1 aromatic carbocycles. The van der Waals surface area contributed by atoms with E-state index in [1.165, 1.54) is 12.3 Å². The van der Waals surface area contributed by atoms with Gasteiger partial charge in [-0.25, -0.2) is 0 Å². The van der Waals surface area contributed by atoms with Crippen LogP contribution in [0.15, 0.2) is 41.3 Å². The van der Waals surface area contributed by atoms with Crippen molar-refractivity contribution in [2.75, 3.05) is 11.9 Å². The lowest BCUT2D eigenvalue weighted by Crippen LogP contribution is -2.30. The fourth-order valence-electron chi connectivity index (χ4n) is 2.08. The lowest BCUT2D eigenvalue weighted by atomic mass is 10.3. The Hall–Kier alpha value is -2.12. The van der Waals surface area contributed by atoms with Gasteiger partial charge in [0.1, 0.15) is 5.25 Å². The van der Waals surface area contributed by atoms with Gasteiger partial charge < -0.3 is 15.0 Å². The third-order valence-corrected chi connectivity index (χ3v) is 5.42. The predicted molar refractivity (Wildman–Crippen MR) is 104 cm³/mol. The number of pyridine rings is 1. The minimum Gasteiger partial charge on any atom is -0.488 e. The average molecular weight is 397 g/mol. The number of nitrogens with one attached hydrogen (secondary N) is 2. The van der Waals surface area contributed by atoms with Gasteiger partial charge in [0.15, 0.2) is 5.75 Å². The molecule has 6 nitrogen and oxygen atoms in total. The number of benzene rings is 1. The molecule has 0 fully saturated rings. The van der Waals surface area contributed by atoms with Gasteiger partial charge in [0.25, 0.3) is 0 Å². The van der Waals surface area contributed by atoms with Gasteiger partial charge >= 0.3 is 0 Å². The van der Waals surface area contributed by atoms with E-state index >= 15 is 0 Å². The second kappa shape index (κ2) is 9.54. The first-order valence-corrected chi connectivity index (χ1v) is 9.94. The highest BCUT2D eigenvalue weighted by atomic mass is 35.5. The molecule has 8 heteroatoms. The first-order valence-electron chi connectivity index (χ1n) is 8.18. The minimum absolute atomic E-state index is 0.0680. The second-order valence-electron chi connectivity index (χ2n) is 5.70. The van der Waals surface area contributed by atoms with Gasteiger partial charge in [-0.1, -0.05) is 18.5 Å². The molecule has 1 aromatic heterocycles. The maximum Gasteiger partial charge on any atom is 0.239 e. The third kappa shape index (κ3) is 5.71. The van der Waals surface area contributed by atoms with E-state index in [1.54, 1.807) is 31.2 Å². The lowest BCUT2D eigenvalue weighted by Gasteiger charge is -2.12. The largest absolute Gasteiger partial charge is 0.488 e. The van der Waals surface area contributed by atoms with E-state index in [0.29, 0.717) is 23.0 Å². The Morgan fingerprint density at radius 2 is 2.04 bits per heavy atom. The highest BCUT2D eigenvalue weighted by Crippen LogP contribution is 2.15. The van der Waals surface area contributed by atoms with Crippen molar-refractivity contribution in [1.29, 1.82) is 0 Å². The van der Waals surface area contributed by atoms with Gasteiger partial charge in [0, 0.05) is 39.5 Å².